The Hall–Kier alpha value is -6.13. The van der Waals surface area contributed by atoms with Gasteiger partial charge in [-0.25, -0.2) is 15.0 Å². The second-order valence-corrected chi connectivity index (χ2v) is 13.9. The summed E-state index contributed by atoms with van der Waals surface area (Å²) in [5.41, 5.74) is 12.2. The highest BCUT2D eigenvalue weighted by Gasteiger charge is 2.35. The van der Waals surface area contributed by atoms with Crippen LogP contribution in [0.1, 0.15) is 43.6 Å². The Morgan fingerprint density at radius 1 is 0.560 bits per heavy atom. The van der Waals surface area contributed by atoms with Crippen molar-refractivity contribution in [2.75, 3.05) is 0 Å². The Bertz CT molecular complexity index is 2730. The lowest BCUT2D eigenvalue weighted by Gasteiger charge is -2.22. The molecule has 2 aromatic heterocycles. The van der Waals surface area contributed by atoms with Crippen molar-refractivity contribution in [1.29, 1.82) is 0 Å². The van der Waals surface area contributed by atoms with E-state index in [0.29, 0.717) is 11.6 Å². The van der Waals surface area contributed by atoms with E-state index in [1.165, 1.54) is 22.3 Å². The molecule has 0 aliphatic heterocycles. The molecule has 0 fully saturated rings. The van der Waals surface area contributed by atoms with E-state index in [9.17, 15) is 0 Å². The van der Waals surface area contributed by atoms with E-state index >= 15 is 0 Å². The SMILES string of the molecule is CC1(C)c2ccccc2-c2ccc(-c3nc(C4=CC=CCC4)nc(-c4cc5c(oc6cccc(-c7ccccc7)c65)c5ccccc45)n3)cc21. The number of furan rings is 1. The summed E-state index contributed by atoms with van der Waals surface area (Å²) in [7, 11) is 0. The normalized spacial score (nSPS) is 14.6. The molecule has 10 rings (SSSR count). The summed E-state index contributed by atoms with van der Waals surface area (Å²) in [4.78, 5) is 15.7. The van der Waals surface area contributed by atoms with Crippen LogP contribution in [0.25, 0.3) is 83.3 Å². The van der Waals surface area contributed by atoms with Gasteiger partial charge >= 0.3 is 0 Å². The number of fused-ring (bicyclic) bond motifs is 8. The molecule has 2 heterocycles. The summed E-state index contributed by atoms with van der Waals surface area (Å²) in [6.07, 6.45) is 8.31. The minimum atomic E-state index is -0.128. The van der Waals surface area contributed by atoms with Crippen molar-refractivity contribution in [1.82, 2.24) is 15.0 Å². The van der Waals surface area contributed by atoms with E-state index in [4.69, 9.17) is 19.4 Å². The van der Waals surface area contributed by atoms with Crippen LogP contribution in [0.2, 0.25) is 0 Å². The van der Waals surface area contributed by atoms with Gasteiger partial charge in [-0.3, -0.25) is 0 Å². The summed E-state index contributed by atoms with van der Waals surface area (Å²) >= 11 is 0. The first-order valence-electron chi connectivity index (χ1n) is 17.3. The van der Waals surface area contributed by atoms with Crippen molar-refractivity contribution < 1.29 is 4.42 Å². The van der Waals surface area contributed by atoms with Gasteiger partial charge in [0.2, 0.25) is 0 Å². The van der Waals surface area contributed by atoms with E-state index in [1.54, 1.807) is 0 Å². The summed E-state index contributed by atoms with van der Waals surface area (Å²) < 4.78 is 6.65. The Kier molecular flexibility index (Phi) is 6.31. The molecule has 2 aliphatic rings. The zero-order chi connectivity index (χ0) is 33.4. The number of nitrogens with zero attached hydrogens (tertiary/aromatic N) is 3. The van der Waals surface area contributed by atoms with E-state index in [0.717, 1.165) is 79.2 Å². The summed E-state index contributed by atoms with van der Waals surface area (Å²) in [6, 6.07) is 43.0. The van der Waals surface area contributed by atoms with Crippen LogP contribution >= 0.6 is 0 Å². The molecule has 0 unspecified atom stereocenters. The third-order valence-electron chi connectivity index (χ3n) is 10.6. The summed E-state index contributed by atoms with van der Waals surface area (Å²) in [5, 5.41) is 4.23. The number of aromatic nitrogens is 3. The van der Waals surface area contributed by atoms with E-state index < -0.39 is 0 Å². The molecule has 0 saturated carbocycles. The second kappa shape index (κ2) is 10.9. The topological polar surface area (TPSA) is 51.8 Å². The van der Waals surface area contributed by atoms with Gasteiger partial charge in [-0.2, -0.15) is 0 Å². The monoisotopic (exact) mass is 643 g/mol. The predicted molar refractivity (Wildman–Crippen MR) is 205 cm³/mol. The van der Waals surface area contributed by atoms with Crippen molar-refractivity contribution in [3.05, 3.63) is 157 Å². The first-order valence-corrected chi connectivity index (χ1v) is 17.3. The Balaban J connectivity index is 1.23. The van der Waals surface area contributed by atoms with Gasteiger partial charge in [0.1, 0.15) is 11.2 Å². The fourth-order valence-electron chi connectivity index (χ4n) is 8.09. The molecule has 50 heavy (non-hydrogen) atoms. The van der Waals surface area contributed by atoms with Gasteiger partial charge in [-0.15, -0.1) is 0 Å². The molecule has 0 spiro atoms. The molecule has 238 valence electrons. The lowest BCUT2D eigenvalue weighted by molar-refractivity contribution is 0.660. The number of hydrogen-bond donors (Lipinski definition) is 0. The van der Waals surface area contributed by atoms with Crippen molar-refractivity contribution in [3.63, 3.8) is 0 Å². The largest absolute Gasteiger partial charge is 0.455 e. The number of rotatable bonds is 4. The van der Waals surface area contributed by atoms with Crippen molar-refractivity contribution >= 4 is 38.3 Å². The van der Waals surface area contributed by atoms with Gasteiger partial charge in [0.25, 0.3) is 0 Å². The maximum absolute atomic E-state index is 6.65. The highest BCUT2D eigenvalue weighted by Crippen LogP contribution is 2.49. The third kappa shape index (κ3) is 4.35. The molecule has 0 radical (unpaired) electrons. The molecule has 4 nitrogen and oxygen atoms in total. The van der Waals surface area contributed by atoms with Crippen molar-refractivity contribution in [3.8, 4) is 45.0 Å². The van der Waals surface area contributed by atoms with Gasteiger partial charge in [-0.1, -0.05) is 135 Å². The number of hydrogen-bond acceptors (Lipinski definition) is 4. The highest BCUT2D eigenvalue weighted by atomic mass is 16.3. The lowest BCUT2D eigenvalue weighted by atomic mass is 9.82. The fourth-order valence-corrected chi connectivity index (χ4v) is 8.09. The lowest BCUT2D eigenvalue weighted by Crippen LogP contribution is -2.15. The van der Waals surface area contributed by atoms with Crippen LogP contribution in [0, 0.1) is 0 Å². The van der Waals surface area contributed by atoms with Crippen LogP contribution in [-0.2, 0) is 5.41 Å². The Labute approximate surface area is 290 Å². The maximum atomic E-state index is 6.65. The molecule has 0 bridgehead atoms. The number of allylic oxidation sites excluding steroid dienone is 4. The van der Waals surface area contributed by atoms with E-state index in [2.05, 4.69) is 153 Å². The zero-order valence-corrected chi connectivity index (χ0v) is 27.9. The molecule has 0 N–H and O–H groups in total. The minimum absolute atomic E-state index is 0.128. The quantitative estimate of drug-likeness (QED) is 0.191. The van der Waals surface area contributed by atoms with Crippen molar-refractivity contribution in [2.24, 2.45) is 0 Å². The minimum Gasteiger partial charge on any atom is -0.455 e. The molecule has 0 saturated heterocycles. The van der Waals surface area contributed by atoms with Gasteiger partial charge in [0.15, 0.2) is 17.5 Å². The average Bonchev–Trinajstić information content (AvgIpc) is 3.67. The first kappa shape index (κ1) is 28.8. The van der Waals surface area contributed by atoms with Crippen LogP contribution in [0.15, 0.2) is 144 Å². The molecule has 0 amide bonds. The molecule has 8 aromatic rings. The average molecular weight is 644 g/mol. The molecular formula is C46H33N3O. The Morgan fingerprint density at radius 3 is 2.16 bits per heavy atom. The first-order chi connectivity index (χ1) is 24.5. The van der Waals surface area contributed by atoms with Crippen LogP contribution in [-0.4, -0.2) is 15.0 Å². The van der Waals surface area contributed by atoms with Gasteiger partial charge in [-0.05, 0) is 75.4 Å². The summed E-state index contributed by atoms with van der Waals surface area (Å²) in [6.45, 7) is 4.62. The smallest absolute Gasteiger partial charge is 0.164 e. The fraction of sp³-hybridized carbons (Fsp3) is 0.109. The van der Waals surface area contributed by atoms with Crippen LogP contribution in [0.3, 0.4) is 0 Å². The standard InChI is InChI=1S/C46H33N3O/c1-46(2)38-22-12-11-19-33(38)34-25-24-30(26-39(34)46)44-47-43(29-16-7-4-8-17-29)48-45(49-44)36-27-37-41-31(28-14-5-3-6-15-28)21-13-23-40(41)50-42(37)35-20-10-9-18-32(35)36/h3-7,9-16,18-27H,8,17H2,1-2H3. The molecule has 2 aliphatic carbocycles. The molecule has 6 aromatic carbocycles. The van der Waals surface area contributed by atoms with Gasteiger partial charge < -0.3 is 4.42 Å². The van der Waals surface area contributed by atoms with Gasteiger partial charge in [0, 0.05) is 32.7 Å². The highest BCUT2D eigenvalue weighted by molar-refractivity contribution is 6.21. The van der Waals surface area contributed by atoms with Crippen LogP contribution in [0.4, 0.5) is 0 Å². The number of benzene rings is 6. The molecular weight excluding hydrogens is 611 g/mol. The van der Waals surface area contributed by atoms with Gasteiger partial charge in [0.05, 0.1) is 0 Å². The van der Waals surface area contributed by atoms with Crippen LogP contribution < -0.4 is 0 Å². The van der Waals surface area contributed by atoms with E-state index in [-0.39, 0.29) is 5.41 Å². The zero-order valence-electron chi connectivity index (χ0n) is 27.9. The van der Waals surface area contributed by atoms with Crippen molar-refractivity contribution in [2.45, 2.75) is 32.1 Å². The third-order valence-corrected chi connectivity index (χ3v) is 10.6. The second-order valence-electron chi connectivity index (χ2n) is 13.9. The van der Waals surface area contributed by atoms with E-state index in [1.807, 2.05) is 0 Å². The predicted octanol–water partition coefficient (Wildman–Crippen LogP) is 12.0. The molecule has 4 heteroatoms. The Morgan fingerprint density at radius 2 is 1.30 bits per heavy atom. The van der Waals surface area contributed by atoms with Crippen LogP contribution in [0.5, 0.6) is 0 Å². The summed E-state index contributed by atoms with van der Waals surface area (Å²) in [5.74, 6) is 2.07. The molecule has 0 atom stereocenters. The maximum Gasteiger partial charge on any atom is 0.164 e.